The molecule has 0 aliphatic heterocycles. The number of benzene rings is 2. The molecule has 116 valence electrons. The third-order valence-corrected chi connectivity index (χ3v) is 4.17. The smallest absolute Gasteiger partial charge is 0.258 e. The number of hydrogen-bond donors (Lipinski definition) is 0. The lowest BCUT2D eigenvalue weighted by Crippen LogP contribution is -1.98. The van der Waals surface area contributed by atoms with Crippen molar-refractivity contribution >= 4 is 29.1 Å². The summed E-state index contributed by atoms with van der Waals surface area (Å²) in [6.45, 7) is 0. The molecule has 0 saturated heterocycles. The Balaban J connectivity index is 1.80. The number of aromatic nitrogens is 4. The molecule has 0 unspecified atom stereocenters. The molecule has 0 fully saturated rings. The van der Waals surface area contributed by atoms with Crippen molar-refractivity contribution in [1.29, 1.82) is 0 Å². The van der Waals surface area contributed by atoms with Gasteiger partial charge in [0.1, 0.15) is 0 Å². The zero-order valence-electron chi connectivity index (χ0n) is 11.7. The highest BCUT2D eigenvalue weighted by atomic mass is 35.5. The summed E-state index contributed by atoms with van der Waals surface area (Å²) >= 11 is 7.30. The maximum atomic E-state index is 10.9. The molecule has 0 bridgehead atoms. The van der Waals surface area contributed by atoms with Crippen LogP contribution >= 0.6 is 23.4 Å². The lowest BCUT2D eigenvalue weighted by atomic mass is 10.2. The molecular weight excluding hydrogens is 338 g/mol. The molecule has 7 nitrogen and oxygen atoms in total. The summed E-state index contributed by atoms with van der Waals surface area (Å²) in [7, 11) is 0. The van der Waals surface area contributed by atoms with Gasteiger partial charge in [-0.1, -0.05) is 41.6 Å². The van der Waals surface area contributed by atoms with E-state index in [1.165, 1.54) is 23.9 Å². The second-order valence-electron chi connectivity index (χ2n) is 4.57. The minimum absolute atomic E-state index is 0.0317. The van der Waals surface area contributed by atoms with E-state index >= 15 is 0 Å². The lowest BCUT2D eigenvalue weighted by molar-refractivity contribution is -0.384. The molecule has 3 aromatic rings. The molecule has 0 radical (unpaired) electrons. The summed E-state index contributed by atoms with van der Waals surface area (Å²) in [6.07, 6.45) is 0. The second-order valence-corrected chi connectivity index (χ2v) is 5.95. The van der Waals surface area contributed by atoms with E-state index < -0.39 is 4.92 Å². The Morgan fingerprint density at radius 2 is 2.00 bits per heavy atom. The van der Waals surface area contributed by atoms with Gasteiger partial charge in [-0.3, -0.25) is 10.1 Å². The van der Waals surface area contributed by atoms with Crippen molar-refractivity contribution in [2.75, 3.05) is 0 Å². The van der Waals surface area contributed by atoms with Crippen LogP contribution in [0.25, 0.3) is 5.69 Å². The number of nitro benzene ring substituents is 1. The fourth-order valence-electron chi connectivity index (χ4n) is 1.97. The fourth-order valence-corrected chi connectivity index (χ4v) is 3.04. The van der Waals surface area contributed by atoms with Gasteiger partial charge < -0.3 is 0 Å². The first-order chi connectivity index (χ1) is 11.1. The number of tetrazole rings is 1. The summed E-state index contributed by atoms with van der Waals surface area (Å²) in [5.41, 5.74) is 1.55. The number of halogens is 1. The molecule has 0 spiro atoms. The van der Waals surface area contributed by atoms with E-state index in [2.05, 4.69) is 15.5 Å². The summed E-state index contributed by atoms with van der Waals surface area (Å²) in [4.78, 5) is 10.4. The maximum Gasteiger partial charge on any atom is 0.271 e. The van der Waals surface area contributed by atoms with Gasteiger partial charge in [0.2, 0.25) is 5.16 Å². The topological polar surface area (TPSA) is 86.7 Å². The lowest BCUT2D eigenvalue weighted by Gasteiger charge is -2.04. The van der Waals surface area contributed by atoms with Crippen LogP contribution in [0.4, 0.5) is 5.69 Å². The Labute approximate surface area is 140 Å². The molecule has 0 aliphatic carbocycles. The second kappa shape index (κ2) is 6.76. The van der Waals surface area contributed by atoms with Gasteiger partial charge in [0.05, 0.1) is 10.6 Å². The molecule has 0 aliphatic rings. The average molecular weight is 348 g/mol. The van der Waals surface area contributed by atoms with E-state index in [0.717, 1.165) is 11.3 Å². The molecule has 23 heavy (non-hydrogen) atoms. The van der Waals surface area contributed by atoms with Crippen molar-refractivity contribution in [2.24, 2.45) is 0 Å². The van der Waals surface area contributed by atoms with Crippen molar-refractivity contribution in [3.8, 4) is 5.69 Å². The van der Waals surface area contributed by atoms with E-state index in [1.807, 2.05) is 30.3 Å². The minimum atomic E-state index is -0.464. The Bertz CT molecular complexity index is 840. The minimum Gasteiger partial charge on any atom is -0.258 e. The number of para-hydroxylation sites is 1. The molecule has 0 saturated carbocycles. The molecule has 1 heterocycles. The van der Waals surface area contributed by atoms with Gasteiger partial charge in [-0.05, 0) is 34.2 Å². The van der Waals surface area contributed by atoms with E-state index in [9.17, 15) is 10.1 Å². The number of non-ortho nitro benzene ring substituents is 1. The van der Waals surface area contributed by atoms with Crippen molar-refractivity contribution in [2.45, 2.75) is 10.9 Å². The van der Waals surface area contributed by atoms with Crippen LogP contribution in [0.5, 0.6) is 0 Å². The van der Waals surface area contributed by atoms with Crippen LogP contribution in [0.3, 0.4) is 0 Å². The van der Waals surface area contributed by atoms with Crippen LogP contribution in [0.2, 0.25) is 5.02 Å². The number of nitrogens with zero attached hydrogens (tertiary/aromatic N) is 5. The fraction of sp³-hybridized carbons (Fsp3) is 0.0714. The van der Waals surface area contributed by atoms with Gasteiger partial charge in [-0.25, -0.2) is 0 Å². The quantitative estimate of drug-likeness (QED) is 0.398. The molecular formula is C14H10ClN5O2S. The molecule has 0 amide bonds. The summed E-state index contributed by atoms with van der Waals surface area (Å²) in [5, 5.41) is 23.4. The van der Waals surface area contributed by atoms with Gasteiger partial charge in [-0.15, -0.1) is 5.10 Å². The van der Waals surface area contributed by atoms with E-state index in [0.29, 0.717) is 15.9 Å². The monoisotopic (exact) mass is 347 g/mol. The van der Waals surface area contributed by atoms with Crippen molar-refractivity contribution < 1.29 is 4.92 Å². The predicted octanol–water partition coefficient (Wildman–Crippen LogP) is 3.52. The zero-order valence-corrected chi connectivity index (χ0v) is 13.2. The van der Waals surface area contributed by atoms with Crippen LogP contribution in [0.1, 0.15) is 5.56 Å². The van der Waals surface area contributed by atoms with Crippen LogP contribution in [0.15, 0.2) is 53.7 Å². The summed E-state index contributed by atoms with van der Waals surface area (Å²) in [5.74, 6) is 0.467. The Morgan fingerprint density at radius 3 is 2.74 bits per heavy atom. The third kappa shape index (κ3) is 3.66. The first-order valence-corrected chi connectivity index (χ1v) is 7.90. The highest BCUT2D eigenvalue weighted by Gasteiger charge is 2.12. The van der Waals surface area contributed by atoms with Gasteiger partial charge >= 0.3 is 0 Å². The van der Waals surface area contributed by atoms with Crippen LogP contribution in [0, 0.1) is 10.1 Å². The molecule has 2 aromatic carbocycles. The van der Waals surface area contributed by atoms with Crippen LogP contribution < -0.4 is 0 Å². The van der Waals surface area contributed by atoms with Crippen LogP contribution in [-0.4, -0.2) is 25.1 Å². The zero-order chi connectivity index (χ0) is 16.2. The van der Waals surface area contributed by atoms with Gasteiger partial charge in [-0.2, -0.15) is 4.68 Å². The summed E-state index contributed by atoms with van der Waals surface area (Å²) < 4.78 is 1.61. The Morgan fingerprint density at radius 1 is 1.22 bits per heavy atom. The first kappa shape index (κ1) is 15.4. The maximum absolute atomic E-state index is 10.9. The molecule has 1 aromatic heterocycles. The summed E-state index contributed by atoms with van der Waals surface area (Å²) in [6, 6.07) is 14.0. The van der Waals surface area contributed by atoms with Gasteiger partial charge in [0, 0.05) is 22.9 Å². The number of hydrogen-bond acceptors (Lipinski definition) is 6. The third-order valence-electron chi connectivity index (χ3n) is 2.96. The van der Waals surface area contributed by atoms with E-state index in [-0.39, 0.29) is 5.69 Å². The van der Waals surface area contributed by atoms with Gasteiger partial charge in [0.25, 0.3) is 5.69 Å². The van der Waals surface area contributed by atoms with Crippen molar-refractivity contribution in [3.05, 3.63) is 69.2 Å². The Kier molecular flexibility index (Phi) is 4.54. The number of nitro groups is 1. The van der Waals surface area contributed by atoms with Crippen molar-refractivity contribution in [1.82, 2.24) is 20.2 Å². The standard InChI is InChI=1S/C14H10ClN5O2S/c15-11-6-10(7-13(8-11)20(21)22)9-23-14-16-17-18-19(14)12-4-2-1-3-5-12/h1-8H,9H2. The largest absolute Gasteiger partial charge is 0.271 e. The Hall–Kier alpha value is -2.45. The normalized spacial score (nSPS) is 10.7. The molecule has 0 atom stereocenters. The van der Waals surface area contributed by atoms with Gasteiger partial charge in [0.15, 0.2) is 0 Å². The average Bonchev–Trinajstić information content (AvgIpc) is 3.02. The number of thioether (sulfide) groups is 1. The first-order valence-electron chi connectivity index (χ1n) is 6.54. The molecule has 0 N–H and O–H groups in total. The molecule has 3 rings (SSSR count). The molecule has 9 heteroatoms. The van der Waals surface area contributed by atoms with Crippen molar-refractivity contribution in [3.63, 3.8) is 0 Å². The number of rotatable bonds is 5. The highest BCUT2D eigenvalue weighted by molar-refractivity contribution is 7.98. The van der Waals surface area contributed by atoms with E-state index in [4.69, 9.17) is 11.6 Å². The van der Waals surface area contributed by atoms with E-state index in [1.54, 1.807) is 10.7 Å². The predicted molar refractivity (Wildman–Crippen MR) is 86.8 cm³/mol. The SMILES string of the molecule is O=[N+]([O-])c1cc(Cl)cc(CSc2nnnn2-c2ccccc2)c1. The highest BCUT2D eigenvalue weighted by Crippen LogP contribution is 2.27. The van der Waals surface area contributed by atoms with Crippen LogP contribution in [-0.2, 0) is 5.75 Å².